The van der Waals surface area contributed by atoms with E-state index in [0.29, 0.717) is 0 Å². The van der Waals surface area contributed by atoms with Crippen molar-refractivity contribution in [1.29, 1.82) is 0 Å². The maximum atomic E-state index is 4.98. The lowest BCUT2D eigenvalue weighted by Gasteiger charge is -2.05. The number of hydrogen-bond acceptors (Lipinski definition) is 2. The highest BCUT2D eigenvalue weighted by Crippen LogP contribution is 2.30. The fraction of sp³-hybridized carbons (Fsp3) is 0.0303. The summed E-state index contributed by atoms with van der Waals surface area (Å²) in [6.07, 6.45) is 0. The van der Waals surface area contributed by atoms with Gasteiger partial charge in [0.15, 0.2) is 0 Å². The van der Waals surface area contributed by atoms with Crippen LogP contribution in [0.25, 0.3) is 67.1 Å². The fourth-order valence-corrected chi connectivity index (χ4v) is 4.98. The molecule has 0 aliphatic heterocycles. The first-order valence-electron chi connectivity index (χ1n) is 12.4. The van der Waals surface area contributed by atoms with Crippen molar-refractivity contribution >= 4 is 22.1 Å². The topological polar surface area (TPSA) is 46.5 Å². The minimum atomic E-state index is 0.863. The number of nitrogens with zero attached hydrogens (tertiary/aromatic N) is 3. The number of H-pyrrole nitrogens is 1. The summed E-state index contributed by atoms with van der Waals surface area (Å²) in [6.45, 7) is 0. The van der Waals surface area contributed by atoms with E-state index in [0.717, 1.165) is 44.8 Å². The van der Waals surface area contributed by atoms with Gasteiger partial charge < -0.3 is 9.55 Å². The maximum absolute atomic E-state index is 4.98. The fourth-order valence-electron chi connectivity index (χ4n) is 4.98. The van der Waals surface area contributed by atoms with Crippen LogP contribution in [0.3, 0.4) is 0 Å². The molecule has 4 nitrogen and oxygen atoms in total. The van der Waals surface area contributed by atoms with E-state index in [9.17, 15) is 0 Å². The number of fused-ring (bicyclic) bond motifs is 2. The minimum Gasteiger partial charge on any atom is -0.338 e. The van der Waals surface area contributed by atoms with Gasteiger partial charge >= 0.3 is 0 Å². The van der Waals surface area contributed by atoms with Gasteiger partial charge in [-0.25, -0.2) is 9.97 Å². The summed E-state index contributed by atoms with van der Waals surface area (Å²) in [5.41, 5.74) is 10.9. The number of imidazole rings is 2. The molecule has 7 rings (SSSR count). The van der Waals surface area contributed by atoms with E-state index in [-0.39, 0.29) is 0 Å². The van der Waals surface area contributed by atoms with Crippen molar-refractivity contribution in [3.05, 3.63) is 121 Å². The van der Waals surface area contributed by atoms with Gasteiger partial charge in [-0.05, 0) is 34.4 Å². The van der Waals surface area contributed by atoms with Crippen LogP contribution in [0.2, 0.25) is 0 Å². The normalized spacial score (nSPS) is 11.4. The van der Waals surface area contributed by atoms with Gasteiger partial charge in [-0.2, -0.15) is 0 Å². The van der Waals surface area contributed by atoms with Crippen molar-refractivity contribution in [2.75, 3.05) is 0 Å². The summed E-state index contributed by atoms with van der Waals surface area (Å²) < 4.78 is 2.15. The lowest BCUT2D eigenvalue weighted by molar-refractivity contribution is 0.960. The third kappa shape index (κ3) is 3.80. The molecule has 4 heteroatoms. The first-order chi connectivity index (χ1) is 18.2. The highest BCUT2D eigenvalue weighted by Gasteiger charge is 2.14. The molecule has 1 N–H and O–H groups in total. The van der Waals surface area contributed by atoms with Crippen molar-refractivity contribution in [3.8, 4) is 45.0 Å². The second-order valence-electron chi connectivity index (χ2n) is 9.32. The van der Waals surface area contributed by atoms with Gasteiger partial charge in [0.1, 0.15) is 11.6 Å². The summed E-state index contributed by atoms with van der Waals surface area (Å²) in [5.74, 6) is 1.81. The van der Waals surface area contributed by atoms with E-state index in [1.54, 1.807) is 0 Å². The molecule has 5 aromatic carbocycles. The van der Waals surface area contributed by atoms with E-state index < -0.39 is 0 Å². The molecule has 0 amide bonds. The predicted molar refractivity (Wildman–Crippen MR) is 152 cm³/mol. The van der Waals surface area contributed by atoms with Crippen molar-refractivity contribution in [2.45, 2.75) is 0 Å². The number of hydrogen-bond donors (Lipinski definition) is 1. The molecule has 176 valence electrons. The van der Waals surface area contributed by atoms with Crippen LogP contribution in [-0.2, 0) is 7.05 Å². The minimum absolute atomic E-state index is 0.863. The molecule has 37 heavy (non-hydrogen) atoms. The first-order valence-corrected chi connectivity index (χ1v) is 12.4. The first kappa shape index (κ1) is 21.3. The quantitative estimate of drug-likeness (QED) is 0.279. The molecule has 0 bridgehead atoms. The zero-order valence-electron chi connectivity index (χ0n) is 20.4. The predicted octanol–water partition coefficient (Wildman–Crippen LogP) is 8.12. The molecular formula is C33H24N4. The van der Waals surface area contributed by atoms with Crippen LogP contribution in [0.15, 0.2) is 121 Å². The summed E-state index contributed by atoms with van der Waals surface area (Å²) >= 11 is 0. The molecule has 0 saturated carbocycles. The third-order valence-electron chi connectivity index (χ3n) is 7.00. The highest BCUT2D eigenvalue weighted by atomic mass is 15.1. The Morgan fingerprint density at radius 3 is 1.62 bits per heavy atom. The van der Waals surface area contributed by atoms with Crippen molar-refractivity contribution in [2.24, 2.45) is 7.05 Å². The van der Waals surface area contributed by atoms with E-state index in [4.69, 9.17) is 9.97 Å². The molecule has 2 aromatic heterocycles. The molecule has 0 aliphatic carbocycles. The Morgan fingerprint density at radius 1 is 0.514 bits per heavy atom. The van der Waals surface area contributed by atoms with E-state index in [1.807, 2.05) is 12.1 Å². The number of aryl methyl sites for hydroxylation is 1. The lowest BCUT2D eigenvalue weighted by Crippen LogP contribution is -1.92. The zero-order chi connectivity index (χ0) is 24.8. The highest BCUT2D eigenvalue weighted by molar-refractivity contribution is 5.94. The molecule has 0 radical (unpaired) electrons. The molecule has 0 aliphatic rings. The Morgan fingerprint density at radius 2 is 1.03 bits per heavy atom. The van der Waals surface area contributed by atoms with Crippen molar-refractivity contribution < 1.29 is 0 Å². The zero-order valence-corrected chi connectivity index (χ0v) is 20.4. The molecule has 0 saturated heterocycles. The number of rotatable bonds is 4. The van der Waals surface area contributed by atoms with Gasteiger partial charge in [0.2, 0.25) is 0 Å². The monoisotopic (exact) mass is 476 g/mol. The largest absolute Gasteiger partial charge is 0.338 e. The molecule has 7 aromatic rings. The van der Waals surface area contributed by atoms with Gasteiger partial charge in [-0.1, -0.05) is 109 Å². The Labute approximate surface area is 214 Å². The van der Waals surface area contributed by atoms with Gasteiger partial charge in [-0.3, -0.25) is 0 Å². The van der Waals surface area contributed by atoms with E-state index in [1.165, 1.54) is 22.3 Å². The van der Waals surface area contributed by atoms with Crippen LogP contribution in [0, 0.1) is 0 Å². The second kappa shape index (κ2) is 8.61. The smallest absolute Gasteiger partial charge is 0.140 e. The standard InChI is InChI=1S/C33H24N4/c1-37-31-21-29-28(34-32(35-29)26-16-12-24(13-17-26)22-8-4-2-5-9-22)20-30(31)36-33(37)27-18-14-25(15-19-27)23-10-6-3-7-11-23/h2-21H,1H3,(H,34,35). The van der Waals surface area contributed by atoms with E-state index in [2.05, 4.69) is 126 Å². The Kier molecular flexibility index (Phi) is 4.96. The van der Waals surface area contributed by atoms with Crippen LogP contribution >= 0.6 is 0 Å². The molecule has 0 atom stereocenters. The summed E-state index contributed by atoms with van der Waals surface area (Å²) in [4.78, 5) is 13.4. The number of aromatic amines is 1. The lowest BCUT2D eigenvalue weighted by atomic mass is 10.0. The van der Waals surface area contributed by atoms with Crippen molar-refractivity contribution in [3.63, 3.8) is 0 Å². The average molecular weight is 477 g/mol. The van der Waals surface area contributed by atoms with E-state index >= 15 is 0 Å². The number of aromatic nitrogens is 4. The SMILES string of the molecule is Cn1c(-c2ccc(-c3ccccc3)cc2)nc2cc3[nH]c(-c4ccc(-c5ccccc5)cc4)nc3cc21. The molecule has 2 heterocycles. The molecular weight excluding hydrogens is 452 g/mol. The van der Waals surface area contributed by atoms with Crippen LogP contribution in [0.5, 0.6) is 0 Å². The Bertz CT molecular complexity index is 1840. The van der Waals surface area contributed by atoms with Gasteiger partial charge in [0.05, 0.1) is 22.1 Å². The van der Waals surface area contributed by atoms with Crippen LogP contribution < -0.4 is 0 Å². The summed E-state index contributed by atoms with van der Waals surface area (Å²) in [7, 11) is 2.07. The van der Waals surface area contributed by atoms with Gasteiger partial charge in [0.25, 0.3) is 0 Å². The molecule has 0 fully saturated rings. The number of benzene rings is 5. The molecule has 0 spiro atoms. The maximum Gasteiger partial charge on any atom is 0.140 e. The van der Waals surface area contributed by atoms with Crippen molar-refractivity contribution in [1.82, 2.24) is 19.5 Å². The number of nitrogens with one attached hydrogen (secondary N) is 1. The van der Waals surface area contributed by atoms with Gasteiger partial charge in [-0.15, -0.1) is 0 Å². The Hall–Kier alpha value is -4.96. The van der Waals surface area contributed by atoms with Crippen LogP contribution in [-0.4, -0.2) is 19.5 Å². The summed E-state index contributed by atoms with van der Waals surface area (Å²) in [6, 6.07) is 42.2. The summed E-state index contributed by atoms with van der Waals surface area (Å²) in [5, 5.41) is 0. The third-order valence-corrected chi connectivity index (χ3v) is 7.00. The molecule has 0 unspecified atom stereocenters. The van der Waals surface area contributed by atoms with Gasteiger partial charge in [0, 0.05) is 18.2 Å². The Balaban J connectivity index is 1.22. The average Bonchev–Trinajstić information content (AvgIpc) is 3.53. The second-order valence-corrected chi connectivity index (χ2v) is 9.32. The van der Waals surface area contributed by atoms with Crippen LogP contribution in [0.1, 0.15) is 0 Å². The van der Waals surface area contributed by atoms with Crippen LogP contribution in [0.4, 0.5) is 0 Å².